The highest BCUT2D eigenvalue weighted by molar-refractivity contribution is 5.69. The third-order valence-electron chi connectivity index (χ3n) is 4.49. The second kappa shape index (κ2) is 8.15. The lowest BCUT2D eigenvalue weighted by atomic mass is 9.89. The number of ether oxygens (including phenoxy) is 2. The van der Waals surface area contributed by atoms with Crippen LogP contribution in [0.1, 0.15) is 53.0 Å². The van der Waals surface area contributed by atoms with Gasteiger partial charge in [-0.2, -0.15) is 0 Å². The molecule has 1 amide bonds. The molecule has 1 N–H and O–H groups in total. The van der Waals surface area contributed by atoms with E-state index in [1.165, 1.54) is 13.0 Å². The number of anilines is 1. The Morgan fingerprint density at radius 1 is 1.26 bits per heavy atom. The molecule has 150 valence electrons. The Morgan fingerprint density at radius 2 is 1.89 bits per heavy atom. The highest BCUT2D eigenvalue weighted by atomic mass is 19.1. The average molecular weight is 380 g/mol. The summed E-state index contributed by atoms with van der Waals surface area (Å²) < 4.78 is 24.9. The zero-order chi connectivity index (χ0) is 20.2. The molecule has 0 atom stereocenters. The Morgan fingerprint density at radius 3 is 2.44 bits per heavy atom. The quantitative estimate of drug-likeness (QED) is 0.806. The molecular weight excluding hydrogens is 351 g/mol. The molecule has 1 aliphatic heterocycles. The summed E-state index contributed by atoms with van der Waals surface area (Å²) in [5, 5.41) is 2.94. The fourth-order valence-electron chi connectivity index (χ4n) is 3.11. The molecule has 1 aromatic rings. The van der Waals surface area contributed by atoms with E-state index in [1.54, 1.807) is 12.1 Å². The zero-order valence-corrected chi connectivity index (χ0v) is 16.7. The van der Waals surface area contributed by atoms with E-state index < -0.39 is 23.2 Å². The van der Waals surface area contributed by atoms with E-state index >= 15 is 0 Å². The number of alkyl carbamates (subject to hydrolysis) is 1. The Bertz CT molecular complexity index is 692. The minimum Gasteiger partial charge on any atom is -0.461 e. The van der Waals surface area contributed by atoms with Crippen LogP contribution in [0.3, 0.4) is 0 Å². The van der Waals surface area contributed by atoms with E-state index in [0.717, 1.165) is 0 Å². The molecule has 0 saturated carbocycles. The second-order valence-electron chi connectivity index (χ2n) is 8.20. The molecule has 7 heteroatoms. The van der Waals surface area contributed by atoms with Crippen LogP contribution in [0.4, 0.5) is 14.9 Å². The minimum absolute atomic E-state index is 0.0341. The molecule has 6 nitrogen and oxygen atoms in total. The van der Waals surface area contributed by atoms with Crippen molar-refractivity contribution in [2.24, 2.45) is 0 Å². The topological polar surface area (TPSA) is 67.9 Å². The van der Waals surface area contributed by atoms with Crippen LogP contribution >= 0.6 is 0 Å². The van der Waals surface area contributed by atoms with Gasteiger partial charge in [0.15, 0.2) is 0 Å². The predicted octanol–water partition coefficient (Wildman–Crippen LogP) is 3.77. The zero-order valence-electron chi connectivity index (χ0n) is 16.7. The fraction of sp³-hybridized carbons (Fsp3) is 0.600. The second-order valence-corrected chi connectivity index (χ2v) is 8.20. The van der Waals surface area contributed by atoms with Crippen LogP contribution in [0.25, 0.3) is 0 Å². The largest absolute Gasteiger partial charge is 0.461 e. The minimum atomic E-state index is -0.556. The lowest BCUT2D eigenvalue weighted by molar-refractivity contribution is -0.142. The molecule has 0 aromatic heterocycles. The SMILES string of the molecule is CC(=O)OCc1cccc(F)c1N1CCC(C)(NC(=O)OC(C)(C)C)CC1. The number of hydrogen-bond donors (Lipinski definition) is 1. The number of hydrogen-bond acceptors (Lipinski definition) is 5. The number of halogens is 1. The molecule has 1 fully saturated rings. The first-order valence-electron chi connectivity index (χ1n) is 9.16. The standard InChI is InChI=1S/C20H29FN2O4/c1-14(24)26-13-15-7-6-8-16(21)17(15)23-11-9-20(5,10-12-23)22-18(25)27-19(2,3)4/h6-8H,9-13H2,1-5H3,(H,22,25). The molecule has 2 rings (SSSR count). The summed E-state index contributed by atoms with van der Waals surface area (Å²) in [5.74, 6) is -0.749. The van der Waals surface area contributed by atoms with Crippen LogP contribution in [0, 0.1) is 5.82 Å². The molecule has 0 radical (unpaired) electrons. The molecule has 0 unspecified atom stereocenters. The van der Waals surface area contributed by atoms with Crippen molar-refractivity contribution in [1.82, 2.24) is 5.32 Å². The number of nitrogens with zero attached hydrogens (tertiary/aromatic N) is 1. The van der Waals surface area contributed by atoms with Crippen molar-refractivity contribution in [1.29, 1.82) is 0 Å². The predicted molar refractivity (Wildman–Crippen MR) is 101 cm³/mol. The van der Waals surface area contributed by atoms with Gasteiger partial charge in [-0.3, -0.25) is 4.79 Å². The lowest BCUT2D eigenvalue weighted by Gasteiger charge is -2.41. The highest BCUT2D eigenvalue weighted by Crippen LogP contribution is 2.31. The number of para-hydroxylation sites is 1. The molecule has 1 heterocycles. The van der Waals surface area contributed by atoms with Crippen LogP contribution < -0.4 is 10.2 Å². The van der Waals surface area contributed by atoms with Crippen molar-refractivity contribution in [2.45, 2.75) is 65.2 Å². The van der Waals surface area contributed by atoms with E-state index in [-0.39, 0.29) is 12.4 Å². The number of benzene rings is 1. The molecular formula is C20H29FN2O4. The summed E-state index contributed by atoms with van der Waals surface area (Å²) >= 11 is 0. The van der Waals surface area contributed by atoms with E-state index in [0.29, 0.717) is 37.2 Å². The van der Waals surface area contributed by atoms with Gasteiger partial charge in [0.25, 0.3) is 0 Å². The van der Waals surface area contributed by atoms with E-state index in [1.807, 2.05) is 32.6 Å². The van der Waals surface area contributed by atoms with E-state index in [4.69, 9.17) is 9.47 Å². The van der Waals surface area contributed by atoms with E-state index in [2.05, 4.69) is 5.32 Å². The number of esters is 1. The summed E-state index contributed by atoms with van der Waals surface area (Å²) in [4.78, 5) is 25.1. The van der Waals surface area contributed by atoms with Crippen LogP contribution in [0.2, 0.25) is 0 Å². The van der Waals surface area contributed by atoms with E-state index in [9.17, 15) is 14.0 Å². The van der Waals surface area contributed by atoms with Gasteiger partial charge in [-0.1, -0.05) is 12.1 Å². The average Bonchev–Trinajstić information content (AvgIpc) is 2.52. The van der Waals surface area contributed by atoms with Crippen molar-refractivity contribution >= 4 is 17.7 Å². The van der Waals surface area contributed by atoms with Crippen molar-refractivity contribution < 1.29 is 23.5 Å². The Kier molecular flexibility index (Phi) is 6.34. The summed E-state index contributed by atoms with van der Waals surface area (Å²) in [5.41, 5.74) is 0.118. The maximum atomic E-state index is 14.5. The summed E-state index contributed by atoms with van der Waals surface area (Å²) in [7, 11) is 0. The number of carbonyl (C=O) groups is 2. The first kappa shape index (κ1) is 21.0. The van der Waals surface area contributed by atoms with Gasteiger partial charge < -0.3 is 19.7 Å². The van der Waals surface area contributed by atoms with Crippen LogP contribution in [-0.4, -0.2) is 36.3 Å². The summed E-state index contributed by atoms with van der Waals surface area (Å²) in [6.07, 6.45) is 0.848. The van der Waals surface area contributed by atoms with Gasteiger partial charge in [0, 0.05) is 31.1 Å². The lowest BCUT2D eigenvalue weighted by Crippen LogP contribution is -2.54. The Balaban J connectivity index is 2.05. The Hall–Kier alpha value is -2.31. The monoisotopic (exact) mass is 380 g/mol. The maximum Gasteiger partial charge on any atom is 0.408 e. The first-order valence-corrected chi connectivity index (χ1v) is 9.16. The van der Waals surface area contributed by atoms with Gasteiger partial charge in [0.1, 0.15) is 18.0 Å². The maximum absolute atomic E-state index is 14.5. The third-order valence-corrected chi connectivity index (χ3v) is 4.49. The molecule has 1 aliphatic rings. The fourth-order valence-corrected chi connectivity index (χ4v) is 3.11. The molecule has 0 spiro atoms. The van der Waals surface area contributed by atoms with Gasteiger partial charge in [-0.15, -0.1) is 0 Å². The number of carbonyl (C=O) groups excluding carboxylic acids is 2. The van der Waals surface area contributed by atoms with Crippen molar-refractivity contribution in [3.8, 4) is 0 Å². The van der Waals surface area contributed by atoms with Gasteiger partial charge in [-0.05, 0) is 46.6 Å². The number of piperidine rings is 1. The molecule has 0 aliphatic carbocycles. The first-order chi connectivity index (χ1) is 12.5. The van der Waals surface area contributed by atoms with Crippen LogP contribution in [0.5, 0.6) is 0 Å². The molecule has 1 aromatic carbocycles. The number of amides is 1. The highest BCUT2D eigenvalue weighted by Gasteiger charge is 2.34. The number of rotatable bonds is 4. The van der Waals surface area contributed by atoms with Gasteiger partial charge in [-0.25, -0.2) is 9.18 Å². The summed E-state index contributed by atoms with van der Waals surface area (Å²) in [6, 6.07) is 4.77. The molecule has 27 heavy (non-hydrogen) atoms. The van der Waals surface area contributed by atoms with Crippen LogP contribution in [0.15, 0.2) is 18.2 Å². The van der Waals surface area contributed by atoms with Crippen molar-refractivity contribution in [2.75, 3.05) is 18.0 Å². The van der Waals surface area contributed by atoms with Gasteiger partial charge >= 0.3 is 12.1 Å². The van der Waals surface area contributed by atoms with Crippen LogP contribution in [-0.2, 0) is 20.9 Å². The number of nitrogens with one attached hydrogen (secondary N) is 1. The smallest absolute Gasteiger partial charge is 0.408 e. The summed E-state index contributed by atoms with van der Waals surface area (Å²) in [6.45, 7) is 9.93. The van der Waals surface area contributed by atoms with Crippen molar-refractivity contribution in [3.63, 3.8) is 0 Å². The third kappa shape index (κ3) is 6.12. The Labute approximate surface area is 160 Å². The molecule has 0 bridgehead atoms. The van der Waals surface area contributed by atoms with Gasteiger partial charge in [0.05, 0.1) is 5.69 Å². The van der Waals surface area contributed by atoms with Gasteiger partial charge in [0.2, 0.25) is 0 Å². The molecule has 1 saturated heterocycles. The van der Waals surface area contributed by atoms with Crippen molar-refractivity contribution in [3.05, 3.63) is 29.6 Å². The normalized spacial score (nSPS) is 16.6.